The van der Waals surface area contributed by atoms with Gasteiger partial charge < -0.3 is 4.90 Å². The maximum Gasteiger partial charge on any atom is 0.253 e. The fourth-order valence-corrected chi connectivity index (χ4v) is 4.03. The van der Waals surface area contributed by atoms with Gasteiger partial charge in [0.25, 0.3) is 5.91 Å². The zero-order chi connectivity index (χ0) is 20.0. The molecule has 7 nitrogen and oxygen atoms in total. The molecule has 2 heterocycles. The number of hydrogen-bond acceptors (Lipinski definition) is 5. The Morgan fingerprint density at radius 3 is 2.54 bits per heavy atom. The summed E-state index contributed by atoms with van der Waals surface area (Å²) in [7, 11) is -3.73. The molecule has 8 heteroatoms. The van der Waals surface area contributed by atoms with Crippen LogP contribution in [-0.2, 0) is 16.6 Å². The molecule has 0 atom stereocenters. The Labute approximate surface area is 165 Å². The van der Waals surface area contributed by atoms with E-state index in [0.717, 1.165) is 19.6 Å². The van der Waals surface area contributed by atoms with Gasteiger partial charge in [-0.3, -0.25) is 14.7 Å². The van der Waals surface area contributed by atoms with Crippen LogP contribution < -0.4 is 4.72 Å². The van der Waals surface area contributed by atoms with Crippen molar-refractivity contribution in [3.8, 4) is 12.3 Å². The number of carbonyl (C=O) groups is 1. The minimum absolute atomic E-state index is 0.0323. The molecule has 0 bridgehead atoms. The van der Waals surface area contributed by atoms with Gasteiger partial charge in [-0.2, -0.15) is 4.72 Å². The summed E-state index contributed by atoms with van der Waals surface area (Å²) in [6.07, 6.45) is 8.65. The summed E-state index contributed by atoms with van der Waals surface area (Å²) in [6.45, 7) is 3.43. The Bertz CT molecular complexity index is 962. The van der Waals surface area contributed by atoms with E-state index in [1.165, 1.54) is 17.7 Å². The van der Waals surface area contributed by atoms with Crippen LogP contribution in [0.15, 0.2) is 53.7 Å². The molecule has 3 rings (SSSR count). The minimum atomic E-state index is -3.73. The first-order valence-electron chi connectivity index (χ1n) is 8.93. The maximum atomic E-state index is 12.8. The van der Waals surface area contributed by atoms with Crippen molar-refractivity contribution in [1.82, 2.24) is 19.5 Å². The van der Waals surface area contributed by atoms with Crippen LogP contribution in [0.2, 0.25) is 0 Å². The van der Waals surface area contributed by atoms with Gasteiger partial charge in [0.05, 0.1) is 11.4 Å². The average Bonchev–Trinajstić information content (AvgIpc) is 2.73. The van der Waals surface area contributed by atoms with E-state index in [0.29, 0.717) is 18.7 Å². The van der Waals surface area contributed by atoms with E-state index in [4.69, 9.17) is 6.42 Å². The number of hydrogen-bond donors (Lipinski definition) is 1. The zero-order valence-electron chi connectivity index (χ0n) is 15.4. The molecule has 146 valence electrons. The summed E-state index contributed by atoms with van der Waals surface area (Å²) in [5.41, 5.74) is 1.54. The Morgan fingerprint density at radius 2 is 1.86 bits per heavy atom. The SMILES string of the molecule is C#CCNS(=O)(=O)c1cccc(C(=O)N2CCN(Cc3ccncc3)CC2)c1. The van der Waals surface area contributed by atoms with Crippen molar-refractivity contribution in [2.75, 3.05) is 32.7 Å². The molecule has 1 saturated heterocycles. The summed E-state index contributed by atoms with van der Waals surface area (Å²) < 4.78 is 26.7. The van der Waals surface area contributed by atoms with Gasteiger partial charge in [-0.15, -0.1) is 6.42 Å². The number of nitrogens with one attached hydrogen (secondary N) is 1. The number of sulfonamides is 1. The van der Waals surface area contributed by atoms with Crippen LogP contribution in [0.3, 0.4) is 0 Å². The van der Waals surface area contributed by atoms with Crippen molar-refractivity contribution < 1.29 is 13.2 Å². The minimum Gasteiger partial charge on any atom is -0.336 e. The summed E-state index contributed by atoms with van der Waals surface area (Å²) in [5.74, 6) is 2.06. The fourth-order valence-electron chi connectivity index (χ4n) is 3.05. The third-order valence-corrected chi connectivity index (χ3v) is 5.97. The van der Waals surface area contributed by atoms with Gasteiger partial charge in [0.1, 0.15) is 0 Å². The molecule has 0 aliphatic carbocycles. The number of amides is 1. The van der Waals surface area contributed by atoms with Crippen LogP contribution >= 0.6 is 0 Å². The Hall–Kier alpha value is -2.73. The Morgan fingerprint density at radius 1 is 1.14 bits per heavy atom. The van der Waals surface area contributed by atoms with Gasteiger partial charge in [0.15, 0.2) is 0 Å². The summed E-state index contributed by atoms with van der Waals surface area (Å²) in [5, 5.41) is 0. The highest BCUT2D eigenvalue weighted by Crippen LogP contribution is 2.15. The van der Waals surface area contributed by atoms with Gasteiger partial charge in [0.2, 0.25) is 10.0 Å². The van der Waals surface area contributed by atoms with Gasteiger partial charge in [-0.05, 0) is 35.9 Å². The smallest absolute Gasteiger partial charge is 0.253 e. The third kappa shape index (κ3) is 4.95. The van der Waals surface area contributed by atoms with Crippen molar-refractivity contribution in [2.24, 2.45) is 0 Å². The number of carbonyl (C=O) groups excluding carboxylic acids is 1. The largest absolute Gasteiger partial charge is 0.336 e. The topological polar surface area (TPSA) is 82.6 Å². The van der Waals surface area contributed by atoms with Gasteiger partial charge >= 0.3 is 0 Å². The van der Waals surface area contributed by atoms with E-state index in [1.54, 1.807) is 29.4 Å². The van der Waals surface area contributed by atoms with Crippen molar-refractivity contribution in [1.29, 1.82) is 0 Å². The van der Waals surface area contributed by atoms with Crippen molar-refractivity contribution >= 4 is 15.9 Å². The second-order valence-electron chi connectivity index (χ2n) is 6.48. The quantitative estimate of drug-likeness (QED) is 0.733. The van der Waals surface area contributed by atoms with E-state index in [-0.39, 0.29) is 17.3 Å². The second kappa shape index (κ2) is 8.97. The van der Waals surface area contributed by atoms with E-state index >= 15 is 0 Å². The summed E-state index contributed by atoms with van der Waals surface area (Å²) >= 11 is 0. The van der Waals surface area contributed by atoms with Crippen LogP contribution in [0, 0.1) is 12.3 Å². The molecule has 1 aromatic heterocycles. The van der Waals surface area contributed by atoms with Crippen molar-refractivity contribution in [3.63, 3.8) is 0 Å². The number of aromatic nitrogens is 1. The average molecular weight is 398 g/mol. The first kappa shape index (κ1) is 20.0. The third-order valence-electron chi connectivity index (χ3n) is 4.57. The van der Waals surface area contributed by atoms with E-state index in [9.17, 15) is 13.2 Å². The molecule has 1 fully saturated rings. The summed E-state index contributed by atoms with van der Waals surface area (Å²) in [6, 6.07) is 10.0. The highest BCUT2D eigenvalue weighted by Gasteiger charge is 2.23. The fraction of sp³-hybridized carbons (Fsp3) is 0.300. The van der Waals surface area contributed by atoms with Crippen molar-refractivity contribution in [3.05, 3.63) is 59.9 Å². The molecular formula is C20H22N4O3S. The molecule has 1 amide bonds. The maximum absolute atomic E-state index is 12.8. The number of terminal acetylenes is 1. The van der Waals surface area contributed by atoms with Gasteiger partial charge in [0, 0.05) is 50.7 Å². The van der Waals surface area contributed by atoms with Crippen LogP contribution in [0.1, 0.15) is 15.9 Å². The molecule has 2 aromatic rings. The Kier molecular flexibility index (Phi) is 6.41. The molecule has 0 unspecified atom stereocenters. The highest BCUT2D eigenvalue weighted by atomic mass is 32.2. The van der Waals surface area contributed by atoms with Crippen LogP contribution in [0.4, 0.5) is 0 Å². The second-order valence-corrected chi connectivity index (χ2v) is 8.25. The highest BCUT2D eigenvalue weighted by molar-refractivity contribution is 7.89. The van der Waals surface area contributed by atoms with E-state index in [2.05, 4.69) is 20.5 Å². The lowest BCUT2D eigenvalue weighted by Crippen LogP contribution is -2.48. The molecule has 1 aromatic carbocycles. The predicted octanol–water partition coefficient (Wildman–Crippen LogP) is 0.951. The Balaban J connectivity index is 1.62. The normalized spacial score (nSPS) is 15.2. The monoisotopic (exact) mass is 398 g/mol. The first-order chi connectivity index (χ1) is 13.5. The number of rotatable bonds is 6. The predicted molar refractivity (Wildman–Crippen MR) is 106 cm³/mol. The lowest BCUT2D eigenvalue weighted by Gasteiger charge is -2.34. The van der Waals surface area contributed by atoms with Crippen LogP contribution in [-0.4, -0.2) is 61.8 Å². The van der Waals surface area contributed by atoms with Gasteiger partial charge in [-0.25, -0.2) is 8.42 Å². The number of pyridine rings is 1. The lowest BCUT2D eigenvalue weighted by atomic mass is 10.1. The molecule has 0 spiro atoms. The van der Waals surface area contributed by atoms with Crippen molar-refractivity contribution in [2.45, 2.75) is 11.4 Å². The van der Waals surface area contributed by atoms with E-state index in [1.807, 2.05) is 12.1 Å². The van der Waals surface area contributed by atoms with Crippen LogP contribution in [0.25, 0.3) is 0 Å². The lowest BCUT2D eigenvalue weighted by molar-refractivity contribution is 0.0628. The molecular weight excluding hydrogens is 376 g/mol. The summed E-state index contributed by atoms with van der Waals surface area (Å²) in [4.78, 5) is 20.9. The molecule has 1 aliphatic rings. The molecule has 0 saturated carbocycles. The first-order valence-corrected chi connectivity index (χ1v) is 10.4. The van der Waals surface area contributed by atoms with Gasteiger partial charge in [-0.1, -0.05) is 12.0 Å². The van der Waals surface area contributed by atoms with Crippen LogP contribution in [0.5, 0.6) is 0 Å². The molecule has 0 radical (unpaired) electrons. The number of benzene rings is 1. The standard InChI is InChI=1S/C20H22N4O3S/c1-2-8-22-28(26,27)19-5-3-4-18(15-19)20(25)24-13-11-23(12-14-24)16-17-6-9-21-10-7-17/h1,3-7,9-10,15,22H,8,11-14,16H2. The number of piperazine rings is 1. The molecule has 28 heavy (non-hydrogen) atoms. The zero-order valence-corrected chi connectivity index (χ0v) is 16.2. The molecule has 1 N–H and O–H groups in total. The molecule has 1 aliphatic heterocycles. The van der Waals surface area contributed by atoms with E-state index < -0.39 is 10.0 Å². The number of nitrogens with zero attached hydrogens (tertiary/aromatic N) is 3.